The second-order valence-corrected chi connectivity index (χ2v) is 4.77. The normalized spacial score (nSPS) is 17.7. The van der Waals surface area contributed by atoms with Crippen molar-refractivity contribution in [3.8, 4) is 6.07 Å². The van der Waals surface area contributed by atoms with Crippen LogP contribution in [0.2, 0.25) is 0 Å². The number of hydrogen-bond donors (Lipinski definition) is 0. The molecule has 84 valence electrons. The van der Waals surface area contributed by atoms with Gasteiger partial charge in [-0.25, -0.2) is 0 Å². The molecule has 2 rings (SSSR count). The van der Waals surface area contributed by atoms with Crippen LogP contribution in [0.25, 0.3) is 0 Å². The number of nitriles is 1. The van der Waals surface area contributed by atoms with Crippen molar-refractivity contribution in [2.45, 2.75) is 50.9 Å². The molecule has 1 aliphatic rings. The molecule has 0 unspecified atom stereocenters. The molecule has 1 aromatic rings. The second kappa shape index (κ2) is 5.70. The van der Waals surface area contributed by atoms with Gasteiger partial charge in [-0.15, -0.1) is 0 Å². The van der Waals surface area contributed by atoms with Crippen molar-refractivity contribution in [3.63, 3.8) is 0 Å². The van der Waals surface area contributed by atoms with Crippen LogP contribution in [-0.2, 0) is 6.42 Å². The largest absolute Gasteiger partial charge is 0.198 e. The third-order valence-corrected chi connectivity index (χ3v) is 3.56. The van der Waals surface area contributed by atoms with Crippen molar-refractivity contribution in [3.05, 3.63) is 35.4 Å². The minimum Gasteiger partial charge on any atom is -0.198 e. The molecule has 1 aromatic carbocycles. The molecule has 1 aliphatic carbocycles. The van der Waals surface area contributed by atoms with Gasteiger partial charge < -0.3 is 0 Å². The summed E-state index contributed by atoms with van der Waals surface area (Å²) in [4.78, 5) is 0. The van der Waals surface area contributed by atoms with Crippen molar-refractivity contribution < 1.29 is 0 Å². The van der Waals surface area contributed by atoms with E-state index in [9.17, 15) is 0 Å². The van der Waals surface area contributed by atoms with Crippen molar-refractivity contribution in [1.82, 2.24) is 0 Å². The molecule has 0 N–H and O–H groups in total. The van der Waals surface area contributed by atoms with E-state index in [0.29, 0.717) is 6.42 Å². The van der Waals surface area contributed by atoms with E-state index < -0.39 is 0 Å². The van der Waals surface area contributed by atoms with Gasteiger partial charge in [-0.1, -0.05) is 49.9 Å². The van der Waals surface area contributed by atoms with Crippen LogP contribution in [0.5, 0.6) is 0 Å². The molecule has 16 heavy (non-hydrogen) atoms. The first-order valence-corrected chi connectivity index (χ1v) is 6.36. The van der Waals surface area contributed by atoms with Gasteiger partial charge in [0.2, 0.25) is 0 Å². The molecule has 1 fully saturated rings. The van der Waals surface area contributed by atoms with Gasteiger partial charge in [-0.2, -0.15) is 5.26 Å². The molecule has 0 bridgehead atoms. The summed E-state index contributed by atoms with van der Waals surface area (Å²) < 4.78 is 0. The quantitative estimate of drug-likeness (QED) is 0.676. The highest BCUT2D eigenvalue weighted by molar-refractivity contribution is 5.28. The zero-order chi connectivity index (χ0) is 11.2. The van der Waals surface area contributed by atoms with Gasteiger partial charge in [0.25, 0.3) is 0 Å². The van der Waals surface area contributed by atoms with E-state index in [1.54, 1.807) is 0 Å². The Kier molecular flexibility index (Phi) is 3.99. The Bertz CT molecular complexity index is 367. The highest BCUT2D eigenvalue weighted by atomic mass is 14.2. The molecule has 1 saturated carbocycles. The summed E-state index contributed by atoms with van der Waals surface area (Å²) in [5.41, 5.74) is 2.62. The molecule has 0 radical (unpaired) electrons. The lowest BCUT2D eigenvalue weighted by Gasteiger charge is -2.15. The van der Waals surface area contributed by atoms with Crippen molar-refractivity contribution in [2.75, 3.05) is 0 Å². The van der Waals surface area contributed by atoms with Gasteiger partial charge in [0.15, 0.2) is 0 Å². The first kappa shape index (κ1) is 11.2. The summed E-state index contributed by atoms with van der Waals surface area (Å²) in [6, 6.07) is 10.9. The molecule has 0 saturated heterocycles. The van der Waals surface area contributed by atoms with E-state index >= 15 is 0 Å². The van der Waals surface area contributed by atoms with Gasteiger partial charge >= 0.3 is 0 Å². The van der Waals surface area contributed by atoms with E-state index in [0.717, 1.165) is 5.92 Å². The lowest BCUT2D eigenvalue weighted by atomic mass is 9.90. The Hall–Kier alpha value is -1.29. The number of hydrogen-bond acceptors (Lipinski definition) is 1. The second-order valence-electron chi connectivity index (χ2n) is 4.77. The van der Waals surface area contributed by atoms with Crippen molar-refractivity contribution >= 4 is 0 Å². The number of nitrogens with zero attached hydrogens (tertiary/aromatic N) is 1. The summed E-state index contributed by atoms with van der Waals surface area (Å²) in [6.07, 6.45) is 8.73. The van der Waals surface area contributed by atoms with Crippen LogP contribution in [0.15, 0.2) is 24.3 Å². The molecule has 0 aromatic heterocycles. The zero-order valence-electron chi connectivity index (χ0n) is 9.78. The summed E-state index contributed by atoms with van der Waals surface area (Å²) in [6.45, 7) is 0. The molecule has 1 nitrogen and oxygen atoms in total. The molecule has 1 heteroatoms. The lowest BCUT2D eigenvalue weighted by molar-refractivity contribution is 0.592. The van der Waals surface area contributed by atoms with Gasteiger partial charge in [0.05, 0.1) is 12.5 Å². The van der Waals surface area contributed by atoms with Crippen LogP contribution in [0, 0.1) is 11.3 Å². The number of rotatable bonds is 2. The Morgan fingerprint density at radius 2 is 1.88 bits per heavy atom. The standard InChI is InChI=1S/C15H19N/c16-11-10-13-6-5-9-15(12-13)14-7-3-1-2-4-8-14/h5-6,9,12,14H,1-4,7-8,10H2. The van der Waals surface area contributed by atoms with E-state index in [1.165, 1.54) is 49.7 Å². The predicted octanol–water partition coefficient (Wildman–Crippen LogP) is 4.19. The third-order valence-electron chi connectivity index (χ3n) is 3.56. The van der Waals surface area contributed by atoms with Gasteiger partial charge in [0.1, 0.15) is 0 Å². The molecule has 0 amide bonds. The maximum atomic E-state index is 8.72. The van der Waals surface area contributed by atoms with E-state index in [1.807, 2.05) is 0 Å². The Labute approximate surface area is 98.1 Å². The smallest absolute Gasteiger partial charge is 0.0669 e. The van der Waals surface area contributed by atoms with E-state index in [-0.39, 0.29) is 0 Å². The van der Waals surface area contributed by atoms with Crippen LogP contribution in [0.1, 0.15) is 55.6 Å². The van der Waals surface area contributed by atoms with Crippen LogP contribution >= 0.6 is 0 Å². The van der Waals surface area contributed by atoms with Crippen molar-refractivity contribution in [1.29, 1.82) is 5.26 Å². The SMILES string of the molecule is N#CCc1cccc(C2CCCCCC2)c1. The summed E-state index contributed by atoms with van der Waals surface area (Å²) >= 11 is 0. The maximum Gasteiger partial charge on any atom is 0.0669 e. The van der Waals surface area contributed by atoms with Gasteiger partial charge in [0, 0.05) is 0 Å². The summed E-state index contributed by atoms with van der Waals surface area (Å²) in [5, 5.41) is 8.72. The van der Waals surface area contributed by atoms with Gasteiger partial charge in [-0.3, -0.25) is 0 Å². The first-order valence-electron chi connectivity index (χ1n) is 6.36. The molecular weight excluding hydrogens is 194 g/mol. The van der Waals surface area contributed by atoms with Crippen LogP contribution in [-0.4, -0.2) is 0 Å². The molecular formula is C15H19N. The molecule has 0 atom stereocenters. The zero-order valence-corrected chi connectivity index (χ0v) is 9.78. The fraction of sp³-hybridized carbons (Fsp3) is 0.533. The minimum absolute atomic E-state index is 0.542. The summed E-state index contributed by atoms with van der Waals surface area (Å²) in [5.74, 6) is 0.737. The highest BCUT2D eigenvalue weighted by Gasteiger charge is 2.14. The summed E-state index contributed by atoms with van der Waals surface area (Å²) in [7, 11) is 0. The van der Waals surface area contributed by atoms with E-state index in [2.05, 4.69) is 30.3 Å². The monoisotopic (exact) mass is 213 g/mol. The Balaban J connectivity index is 2.12. The van der Waals surface area contributed by atoms with Gasteiger partial charge in [-0.05, 0) is 29.9 Å². The van der Waals surface area contributed by atoms with Crippen molar-refractivity contribution in [2.24, 2.45) is 0 Å². The van der Waals surface area contributed by atoms with Crippen LogP contribution in [0.4, 0.5) is 0 Å². The topological polar surface area (TPSA) is 23.8 Å². The van der Waals surface area contributed by atoms with Crippen LogP contribution < -0.4 is 0 Å². The predicted molar refractivity (Wildman–Crippen MR) is 66.2 cm³/mol. The lowest BCUT2D eigenvalue weighted by Crippen LogP contribution is -1.98. The Morgan fingerprint density at radius 3 is 2.56 bits per heavy atom. The Morgan fingerprint density at radius 1 is 1.12 bits per heavy atom. The molecule has 0 spiro atoms. The fourth-order valence-corrected chi connectivity index (χ4v) is 2.66. The fourth-order valence-electron chi connectivity index (χ4n) is 2.66. The van der Waals surface area contributed by atoms with E-state index in [4.69, 9.17) is 5.26 Å². The minimum atomic E-state index is 0.542. The first-order chi connectivity index (χ1) is 7.90. The third kappa shape index (κ3) is 2.85. The average Bonchev–Trinajstić information content (AvgIpc) is 2.58. The molecule has 0 aliphatic heterocycles. The number of benzene rings is 1. The average molecular weight is 213 g/mol. The maximum absolute atomic E-state index is 8.72. The highest BCUT2D eigenvalue weighted by Crippen LogP contribution is 2.31. The van der Waals surface area contributed by atoms with Crippen LogP contribution in [0.3, 0.4) is 0 Å². The molecule has 0 heterocycles.